The Morgan fingerprint density at radius 3 is 2.72 bits per heavy atom. The van der Waals surface area contributed by atoms with Crippen molar-refractivity contribution in [3.63, 3.8) is 0 Å². The first kappa shape index (κ1) is 12.8. The van der Waals surface area contributed by atoms with Gasteiger partial charge in [0.2, 0.25) is 0 Å². The average Bonchev–Trinajstić information content (AvgIpc) is 2.66. The summed E-state index contributed by atoms with van der Waals surface area (Å²) in [4.78, 5) is 14.8. The van der Waals surface area contributed by atoms with Crippen molar-refractivity contribution in [2.75, 3.05) is 0 Å². The lowest BCUT2D eigenvalue weighted by molar-refractivity contribution is -0.131. The van der Waals surface area contributed by atoms with Gasteiger partial charge in [-0.05, 0) is 29.2 Å². The van der Waals surface area contributed by atoms with Gasteiger partial charge >= 0.3 is 5.97 Å². The number of carboxylic acid groups (broad SMARTS) is 1. The minimum atomic E-state index is -0.954. The number of aliphatic carboxylic acids is 1. The quantitative estimate of drug-likeness (QED) is 0.839. The van der Waals surface area contributed by atoms with E-state index in [2.05, 4.69) is 37.9 Å². The molecule has 0 atom stereocenters. The molecule has 0 bridgehead atoms. The molecule has 0 saturated heterocycles. The molecule has 18 heavy (non-hydrogen) atoms. The van der Waals surface area contributed by atoms with Gasteiger partial charge in [0, 0.05) is 6.08 Å². The van der Waals surface area contributed by atoms with Gasteiger partial charge in [0.1, 0.15) is 5.01 Å². The molecule has 94 valence electrons. The molecule has 0 aliphatic rings. The lowest BCUT2D eigenvalue weighted by Crippen LogP contribution is -2.10. The van der Waals surface area contributed by atoms with Crippen LogP contribution in [-0.2, 0) is 10.2 Å². The molecule has 0 fully saturated rings. The van der Waals surface area contributed by atoms with Crippen molar-refractivity contribution in [2.45, 2.75) is 26.2 Å². The zero-order chi connectivity index (χ0) is 13.3. The molecular formula is C14H15NO2S. The van der Waals surface area contributed by atoms with Crippen molar-refractivity contribution in [1.82, 2.24) is 4.98 Å². The first-order valence-electron chi connectivity index (χ1n) is 5.68. The number of hydrogen-bond donors (Lipinski definition) is 1. The van der Waals surface area contributed by atoms with Crippen LogP contribution in [0.2, 0.25) is 0 Å². The van der Waals surface area contributed by atoms with Gasteiger partial charge in [-0.3, -0.25) is 0 Å². The Balaban J connectivity index is 2.43. The number of fused-ring (bicyclic) bond motifs is 1. The molecule has 0 amide bonds. The highest BCUT2D eigenvalue weighted by Gasteiger charge is 2.14. The number of rotatable bonds is 2. The molecule has 0 aliphatic heterocycles. The number of aromatic nitrogens is 1. The monoisotopic (exact) mass is 261 g/mol. The van der Waals surface area contributed by atoms with Crippen LogP contribution < -0.4 is 0 Å². The number of thiazole rings is 1. The molecule has 4 heteroatoms. The van der Waals surface area contributed by atoms with Gasteiger partial charge in [-0.2, -0.15) is 0 Å². The molecule has 0 radical (unpaired) electrons. The first-order chi connectivity index (χ1) is 8.36. The maximum Gasteiger partial charge on any atom is 0.328 e. The van der Waals surface area contributed by atoms with Crippen LogP contribution in [0.1, 0.15) is 31.3 Å². The third-order valence-corrected chi connectivity index (χ3v) is 3.62. The molecular weight excluding hydrogens is 246 g/mol. The molecule has 1 heterocycles. The van der Waals surface area contributed by atoms with Crippen LogP contribution in [0.4, 0.5) is 0 Å². The standard InChI is InChI=1S/C14H15NO2S/c1-14(2,3)9-4-5-10-11(8-9)18-12(15-10)6-7-13(16)17/h4-8H,1-3H3,(H,16,17)/b7-6+. The Bertz CT molecular complexity index is 620. The zero-order valence-electron chi connectivity index (χ0n) is 10.6. The fourth-order valence-electron chi connectivity index (χ4n) is 1.62. The van der Waals surface area contributed by atoms with Crippen LogP contribution in [0.15, 0.2) is 24.3 Å². The van der Waals surface area contributed by atoms with E-state index in [4.69, 9.17) is 5.11 Å². The van der Waals surface area contributed by atoms with E-state index in [1.165, 1.54) is 23.0 Å². The largest absolute Gasteiger partial charge is 0.478 e. The van der Waals surface area contributed by atoms with Gasteiger partial charge in [0.05, 0.1) is 10.2 Å². The zero-order valence-corrected chi connectivity index (χ0v) is 11.4. The molecule has 3 nitrogen and oxygen atoms in total. The van der Waals surface area contributed by atoms with E-state index in [0.717, 1.165) is 21.3 Å². The second-order valence-corrected chi connectivity index (χ2v) is 6.22. The Morgan fingerprint density at radius 2 is 2.11 bits per heavy atom. The van der Waals surface area contributed by atoms with Gasteiger partial charge < -0.3 is 5.11 Å². The van der Waals surface area contributed by atoms with Crippen molar-refractivity contribution in [3.05, 3.63) is 34.8 Å². The number of carbonyl (C=O) groups is 1. The fourth-order valence-corrected chi connectivity index (χ4v) is 2.53. The Morgan fingerprint density at radius 1 is 1.39 bits per heavy atom. The van der Waals surface area contributed by atoms with Crippen molar-refractivity contribution in [2.24, 2.45) is 0 Å². The summed E-state index contributed by atoms with van der Waals surface area (Å²) in [5.74, 6) is -0.954. The molecule has 0 spiro atoms. The highest BCUT2D eigenvalue weighted by Crippen LogP contribution is 2.29. The van der Waals surface area contributed by atoms with E-state index >= 15 is 0 Å². The number of hydrogen-bond acceptors (Lipinski definition) is 3. The SMILES string of the molecule is CC(C)(C)c1ccc2nc(/C=C/C(=O)O)sc2c1. The van der Waals surface area contributed by atoms with E-state index in [0.29, 0.717) is 0 Å². The van der Waals surface area contributed by atoms with Gasteiger partial charge in [-0.15, -0.1) is 11.3 Å². The highest BCUT2D eigenvalue weighted by atomic mass is 32.1. The fraction of sp³-hybridized carbons (Fsp3) is 0.286. The third-order valence-electron chi connectivity index (χ3n) is 2.64. The van der Waals surface area contributed by atoms with Crippen LogP contribution in [0.25, 0.3) is 16.3 Å². The van der Waals surface area contributed by atoms with Crippen LogP contribution in [0, 0.1) is 0 Å². The number of nitrogens with zero attached hydrogens (tertiary/aromatic N) is 1. The van der Waals surface area contributed by atoms with Crippen molar-refractivity contribution < 1.29 is 9.90 Å². The number of carboxylic acids is 1. The predicted molar refractivity (Wildman–Crippen MR) is 75.0 cm³/mol. The topological polar surface area (TPSA) is 50.2 Å². The van der Waals surface area contributed by atoms with Crippen molar-refractivity contribution in [3.8, 4) is 0 Å². The molecule has 0 saturated carbocycles. The Hall–Kier alpha value is -1.68. The summed E-state index contributed by atoms with van der Waals surface area (Å²) in [6.45, 7) is 6.50. The molecule has 1 aromatic carbocycles. The molecule has 0 aliphatic carbocycles. The maximum atomic E-state index is 10.5. The lowest BCUT2D eigenvalue weighted by atomic mass is 9.87. The number of benzene rings is 1. The van der Waals surface area contributed by atoms with E-state index in [1.807, 2.05) is 6.07 Å². The van der Waals surface area contributed by atoms with Crippen molar-refractivity contribution in [1.29, 1.82) is 0 Å². The highest BCUT2D eigenvalue weighted by molar-refractivity contribution is 7.19. The summed E-state index contributed by atoms with van der Waals surface area (Å²) in [6.07, 6.45) is 2.64. The summed E-state index contributed by atoms with van der Waals surface area (Å²) >= 11 is 1.51. The summed E-state index contributed by atoms with van der Waals surface area (Å²) < 4.78 is 1.09. The van der Waals surface area contributed by atoms with Crippen LogP contribution >= 0.6 is 11.3 Å². The molecule has 2 rings (SSSR count). The van der Waals surface area contributed by atoms with Gasteiger partial charge in [0.15, 0.2) is 0 Å². The van der Waals surface area contributed by atoms with Crippen molar-refractivity contribution >= 4 is 33.6 Å². The van der Waals surface area contributed by atoms with E-state index < -0.39 is 5.97 Å². The first-order valence-corrected chi connectivity index (χ1v) is 6.50. The molecule has 2 aromatic rings. The summed E-state index contributed by atoms with van der Waals surface area (Å²) in [6, 6.07) is 6.20. The minimum Gasteiger partial charge on any atom is -0.478 e. The van der Waals surface area contributed by atoms with Gasteiger partial charge in [-0.25, -0.2) is 9.78 Å². The van der Waals surface area contributed by atoms with Gasteiger partial charge in [-0.1, -0.05) is 26.8 Å². The maximum absolute atomic E-state index is 10.5. The normalized spacial score (nSPS) is 12.4. The Labute approximate surface area is 110 Å². The second-order valence-electron chi connectivity index (χ2n) is 5.16. The van der Waals surface area contributed by atoms with Crippen LogP contribution in [-0.4, -0.2) is 16.1 Å². The smallest absolute Gasteiger partial charge is 0.328 e. The minimum absolute atomic E-state index is 0.106. The third kappa shape index (κ3) is 2.76. The predicted octanol–water partition coefficient (Wildman–Crippen LogP) is 3.69. The van der Waals surface area contributed by atoms with E-state index in [-0.39, 0.29) is 5.41 Å². The average molecular weight is 261 g/mol. The van der Waals surface area contributed by atoms with E-state index in [1.54, 1.807) is 0 Å². The summed E-state index contributed by atoms with van der Waals surface area (Å²) in [5.41, 5.74) is 2.28. The lowest BCUT2D eigenvalue weighted by Gasteiger charge is -2.18. The second kappa shape index (κ2) is 4.53. The van der Waals surface area contributed by atoms with Crippen LogP contribution in [0.3, 0.4) is 0 Å². The Kier molecular flexibility index (Phi) is 3.22. The molecule has 1 aromatic heterocycles. The molecule has 1 N–H and O–H groups in total. The molecule has 0 unspecified atom stereocenters. The van der Waals surface area contributed by atoms with E-state index in [9.17, 15) is 4.79 Å². The van der Waals surface area contributed by atoms with Crippen LogP contribution in [0.5, 0.6) is 0 Å². The van der Waals surface area contributed by atoms with Gasteiger partial charge in [0.25, 0.3) is 0 Å². The summed E-state index contributed by atoms with van der Waals surface area (Å²) in [5, 5.41) is 9.31. The summed E-state index contributed by atoms with van der Waals surface area (Å²) in [7, 11) is 0.